The number of nitrogens with zero attached hydrogens (tertiary/aromatic N) is 1. The molecule has 0 spiro atoms. The summed E-state index contributed by atoms with van der Waals surface area (Å²) in [6.07, 6.45) is 0. The predicted molar refractivity (Wildman–Crippen MR) is 135 cm³/mol. The highest BCUT2D eigenvalue weighted by molar-refractivity contribution is 9.10. The summed E-state index contributed by atoms with van der Waals surface area (Å²) in [4.78, 5) is 2.15. The average Bonchev–Trinajstić information content (AvgIpc) is 3.04. The van der Waals surface area contributed by atoms with Gasteiger partial charge in [0.25, 0.3) is 0 Å². The van der Waals surface area contributed by atoms with Crippen LogP contribution in [-0.2, 0) is 5.41 Å². The van der Waals surface area contributed by atoms with Gasteiger partial charge in [0.15, 0.2) is 0 Å². The van der Waals surface area contributed by atoms with E-state index >= 15 is 0 Å². The van der Waals surface area contributed by atoms with Gasteiger partial charge < -0.3 is 4.90 Å². The van der Waals surface area contributed by atoms with Crippen molar-refractivity contribution in [3.8, 4) is 11.1 Å². The van der Waals surface area contributed by atoms with E-state index in [1.165, 1.54) is 50.2 Å². The molecule has 0 radical (unpaired) electrons. The lowest BCUT2D eigenvalue weighted by atomic mass is 9.67. The fraction of sp³-hybridized carbons (Fsp3) is 0.172. The lowest BCUT2D eigenvalue weighted by Crippen LogP contribution is -2.29. The molecule has 154 valence electrons. The first-order valence-electron chi connectivity index (χ1n) is 10.7. The highest BCUT2D eigenvalue weighted by atomic mass is 79.9. The standard InChI is InChI=1S/C29H26BrN/c1-19-5-15-25-26-16-6-20(2)18-28(26)29(27(25)17-19,21-7-11-23(30)12-8-21)22-9-13-24(14-10-22)31(3)4/h5-18H,1-4H3. The van der Waals surface area contributed by atoms with Gasteiger partial charge in [-0.05, 0) is 71.5 Å². The van der Waals surface area contributed by atoms with Crippen molar-refractivity contribution in [3.05, 3.63) is 123 Å². The molecule has 4 aromatic carbocycles. The van der Waals surface area contributed by atoms with Gasteiger partial charge in [0.2, 0.25) is 0 Å². The van der Waals surface area contributed by atoms with Gasteiger partial charge in [-0.2, -0.15) is 0 Å². The summed E-state index contributed by atoms with van der Waals surface area (Å²) in [5.41, 5.74) is 11.4. The van der Waals surface area contributed by atoms with Crippen LogP contribution >= 0.6 is 15.9 Å². The summed E-state index contributed by atoms with van der Waals surface area (Å²) < 4.78 is 1.10. The molecule has 0 unspecified atom stereocenters. The molecule has 5 rings (SSSR count). The van der Waals surface area contributed by atoms with Gasteiger partial charge in [-0.25, -0.2) is 0 Å². The summed E-state index contributed by atoms with van der Waals surface area (Å²) in [6.45, 7) is 4.38. The van der Waals surface area contributed by atoms with Crippen molar-refractivity contribution in [1.82, 2.24) is 0 Å². The lowest BCUT2D eigenvalue weighted by molar-refractivity contribution is 0.766. The zero-order valence-corrected chi connectivity index (χ0v) is 20.0. The summed E-state index contributed by atoms with van der Waals surface area (Å²) in [6, 6.07) is 31.8. The van der Waals surface area contributed by atoms with Gasteiger partial charge in [-0.3, -0.25) is 0 Å². The molecule has 0 atom stereocenters. The molecule has 0 heterocycles. The Kier molecular flexibility index (Phi) is 4.79. The Labute approximate surface area is 193 Å². The summed E-state index contributed by atoms with van der Waals surface area (Å²) in [5, 5.41) is 0. The van der Waals surface area contributed by atoms with E-state index in [0.29, 0.717) is 0 Å². The maximum Gasteiger partial charge on any atom is 0.0713 e. The molecule has 0 bridgehead atoms. The molecular formula is C29H26BrN. The molecule has 31 heavy (non-hydrogen) atoms. The minimum atomic E-state index is -0.339. The molecule has 1 aliphatic rings. The average molecular weight is 468 g/mol. The molecular weight excluding hydrogens is 442 g/mol. The van der Waals surface area contributed by atoms with Crippen LogP contribution in [0.3, 0.4) is 0 Å². The Morgan fingerprint density at radius 3 is 1.52 bits per heavy atom. The summed E-state index contributed by atoms with van der Waals surface area (Å²) in [5.74, 6) is 0. The van der Waals surface area contributed by atoms with Crippen molar-refractivity contribution in [1.29, 1.82) is 0 Å². The van der Waals surface area contributed by atoms with E-state index in [2.05, 4.69) is 134 Å². The molecule has 2 heteroatoms. The van der Waals surface area contributed by atoms with Gasteiger partial charge in [0.05, 0.1) is 5.41 Å². The maximum atomic E-state index is 3.63. The van der Waals surface area contributed by atoms with E-state index < -0.39 is 0 Å². The van der Waals surface area contributed by atoms with Crippen LogP contribution in [0.1, 0.15) is 33.4 Å². The van der Waals surface area contributed by atoms with Crippen molar-refractivity contribution in [3.63, 3.8) is 0 Å². The fourth-order valence-corrected chi connectivity index (χ4v) is 5.31. The molecule has 0 fully saturated rings. The smallest absolute Gasteiger partial charge is 0.0713 e. The zero-order chi connectivity index (χ0) is 21.8. The van der Waals surface area contributed by atoms with E-state index in [-0.39, 0.29) is 5.41 Å². The van der Waals surface area contributed by atoms with Crippen molar-refractivity contribution in [2.45, 2.75) is 19.3 Å². The van der Waals surface area contributed by atoms with Crippen LogP contribution in [0, 0.1) is 13.8 Å². The van der Waals surface area contributed by atoms with Crippen molar-refractivity contribution >= 4 is 21.6 Å². The normalized spacial score (nSPS) is 13.6. The molecule has 1 nitrogen and oxygen atoms in total. The number of halogens is 1. The van der Waals surface area contributed by atoms with Gasteiger partial charge in [0.1, 0.15) is 0 Å². The van der Waals surface area contributed by atoms with Gasteiger partial charge in [-0.1, -0.05) is 87.7 Å². The van der Waals surface area contributed by atoms with Gasteiger partial charge >= 0.3 is 0 Å². The summed E-state index contributed by atoms with van der Waals surface area (Å²) >= 11 is 3.63. The third-order valence-corrected chi connectivity index (χ3v) is 7.07. The van der Waals surface area contributed by atoms with E-state index in [1.54, 1.807) is 0 Å². The number of hydrogen-bond donors (Lipinski definition) is 0. The van der Waals surface area contributed by atoms with Crippen molar-refractivity contribution in [2.24, 2.45) is 0 Å². The third-order valence-electron chi connectivity index (χ3n) is 6.54. The predicted octanol–water partition coefficient (Wildman–Crippen LogP) is 7.50. The Morgan fingerprint density at radius 1 is 0.613 bits per heavy atom. The number of anilines is 1. The third kappa shape index (κ3) is 3.04. The number of aryl methyl sites for hydroxylation is 2. The van der Waals surface area contributed by atoms with Crippen LogP contribution in [0.2, 0.25) is 0 Å². The highest BCUT2D eigenvalue weighted by Gasteiger charge is 2.46. The van der Waals surface area contributed by atoms with Crippen LogP contribution in [0.5, 0.6) is 0 Å². The molecule has 0 aromatic heterocycles. The topological polar surface area (TPSA) is 3.24 Å². The molecule has 0 N–H and O–H groups in total. The first kappa shape index (κ1) is 20.1. The Morgan fingerprint density at radius 2 is 1.06 bits per heavy atom. The molecule has 0 saturated carbocycles. The first-order chi connectivity index (χ1) is 14.9. The van der Waals surface area contributed by atoms with Crippen LogP contribution in [-0.4, -0.2) is 14.1 Å². The lowest BCUT2D eigenvalue weighted by Gasteiger charge is -2.34. The van der Waals surface area contributed by atoms with Crippen molar-refractivity contribution < 1.29 is 0 Å². The number of fused-ring (bicyclic) bond motifs is 3. The number of hydrogen-bond acceptors (Lipinski definition) is 1. The van der Waals surface area contributed by atoms with Crippen LogP contribution in [0.4, 0.5) is 5.69 Å². The Balaban J connectivity index is 1.92. The minimum Gasteiger partial charge on any atom is -0.378 e. The second kappa shape index (κ2) is 7.39. The molecule has 1 aliphatic carbocycles. The fourth-order valence-electron chi connectivity index (χ4n) is 5.05. The molecule has 0 amide bonds. The highest BCUT2D eigenvalue weighted by Crippen LogP contribution is 2.56. The Hall–Kier alpha value is -2.84. The van der Waals surface area contributed by atoms with Gasteiger partial charge in [-0.15, -0.1) is 0 Å². The quantitative estimate of drug-likeness (QED) is 0.265. The van der Waals surface area contributed by atoms with Crippen LogP contribution in [0.15, 0.2) is 89.4 Å². The molecule has 0 aliphatic heterocycles. The number of benzene rings is 4. The number of rotatable bonds is 3. The molecule has 0 saturated heterocycles. The maximum absolute atomic E-state index is 3.63. The van der Waals surface area contributed by atoms with Crippen LogP contribution in [0.25, 0.3) is 11.1 Å². The SMILES string of the molecule is Cc1ccc2c(c1)C(c1ccc(Br)cc1)(c1ccc(N(C)C)cc1)c1cc(C)ccc1-2. The van der Waals surface area contributed by atoms with E-state index in [9.17, 15) is 0 Å². The van der Waals surface area contributed by atoms with Crippen molar-refractivity contribution in [2.75, 3.05) is 19.0 Å². The zero-order valence-electron chi connectivity index (χ0n) is 18.4. The van der Waals surface area contributed by atoms with E-state index in [1.807, 2.05) is 0 Å². The largest absolute Gasteiger partial charge is 0.378 e. The minimum absolute atomic E-state index is 0.339. The monoisotopic (exact) mass is 467 g/mol. The first-order valence-corrected chi connectivity index (χ1v) is 11.5. The van der Waals surface area contributed by atoms with E-state index in [0.717, 1.165) is 4.47 Å². The van der Waals surface area contributed by atoms with Crippen LogP contribution < -0.4 is 4.90 Å². The van der Waals surface area contributed by atoms with Gasteiger partial charge in [0, 0.05) is 24.3 Å². The Bertz CT molecular complexity index is 1220. The van der Waals surface area contributed by atoms with E-state index in [4.69, 9.17) is 0 Å². The second-order valence-corrected chi connectivity index (χ2v) is 9.71. The molecule has 4 aromatic rings. The summed E-state index contributed by atoms with van der Waals surface area (Å²) in [7, 11) is 4.18. The second-order valence-electron chi connectivity index (χ2n) is 8.80.